The zero-order valence-electron chi connectivity index (χ0n) is 17.0. The molecule has 0 bridgehead atoms. The minimum Gasteiger partial charge on any atom is -0.328 e. The predicted molar refractivity (Wildman–Crippen MR) is 112 cm³/mol. The van der Waals surface area contributed by atoms with E-state index in [1.165, 1.54) is 0 Å². The molecule has 5 heteroatoms. The van der Waals surface area contributed by atoms with E-state index in [1.54, 1.807) is 21.9 Å². The molecule has 2 heterocycles. The number of ketones is 1. The summed E-state index contributed by atoms with van der Waals surface area (Å²) >= 11 is 0. The van der Waals surface area contributed by atoms with E-state index in [1.807, 2.05) is 44.2 Å². The van der Waals surface area contributed by atoms with Gasteiger partial charge in [0.15, 0.2) is 5.78 Å². The normalized spacial score (nSPS) is 19.1. The molecule has 1 unspecified atom stereocenters. The van der Waals surface area contributed by atoms with Gasteiger partial charge in [0.25, 0.3) is 5.91 Å². The number of benzene rings is 2. The van der Waals surface area contributed by atoms with E-state index in [0.29, 0.717) is 37.1 Å². The minimum absolute atomic E-state index is 0.00447. The molecule has 2 fully saturated rings. The Morgan fingerprint density at radius 2 is 1.76 bits per heavy atom. The first kappa shape index (κ1) is 19.4. The van der Waals surface area contributed by atoms with Crippen LogP contribution in [0.15, 0.2) is 42.5 Å². The largest absolute Gasteiger partial charge is 0.328 e. The van der Waals surface area contributed by atoms with Gasteiger partial charge in [0.1, 0.15) is 0 Å². The highest BCUT2D eigenvalue weighted by atomic mass is 16.2. The highest BCUT2D eigenvalue weighted by molar-refractivity contribution is 6.05. The summed E-state index contributed by atoms with van der Waals surface area (Å²) in [5, 5.41) is 0. The third-order valence-electron chi connectivity index (χ3n) is 6.09. The summed E-state index contributed by atoms with van der Waals surface area (Å²) in [4.78, 5) is 41.8. The van der Waals surface area contributed by atoms with Crippen molar-refractivity contribution in [2.75, 3.05) is 18.0 Å². The molecule has 150 valence electrons. The van der Waals surface area contributed by atoms with Crippen molar-refractivity contribution in [3.63, 3.8) is 0 Å². The maximum Gasteiger partial charge on any atom is 0.254 e. The fourth-order valence-electron chi connectivity index (χ4n) is 4.26. The molecule has 2 aromatic rings. The number of hydrogen-bond donors (Lipinski definition) is 0. The lowest BCUT2D eigenvalue weighted by molar-refractivity contribution is -0.117. The van der Waals surface area contributed by atoms with Crippen LogP contribution in [-0.2, 0) is 4.79 Å². The zero-order valence-corrected chi connectivity index (χ0v) is 17.0. The molecule has 2 aliphatic heterocycles. The van der Waals surface area contributed by atoms with Crippen LogP contribution >= 0.6 is 0 Å². The van der Waals surface area contributed by atoms with Crippen molar-refractivity contribution >= 4 is 23.3 Å². The van der Waals surface area contributed by atoms with Gasteiger partial charge in [0, 0.05) is 36.3 Å². The Bertz CT molecular complexity index is 982. The first-order valence-corrected chi connectivity index (χ1v) is 10.3. The fraction of sp³-hybridized carbons (Fsp3) is 0.375. The van der Waals surface area contributed by atoms with Gasteiger partial charge in [-0.05, 0) is 68.5 Å². The Morgan fingerprint density at radius 1 is 0.931 bits per heavy atom. The summed E-state index contributed by atoms with van der Waals surface area (Å²) in [5.41, 5.74) is 4.18. The Labute approximate surface area is 171 Å². The number of amides is 2. The smallest absolute Gasteiger partial charge is 0.254 e. The Balaban J connectivity index is 1.57. The van der Waals surface area contributed by atoms with Gasteiger partial charge < -0.3 is 9.80 Å². The average molecular weight is 390 g/mol. The summed E-state index contributed by atoms with van der Waals surface area (Å²) < 4.78 is 0. The van der Waals surface area contributed by atoms with Gasteiger partial charge in [-0.25, -0.2) is 0 Å². The van der Waals surface area contributed by atoms with E-state index in [0.717, 1.165) is 29.7 Å². The van der Waals surface area contributed by atoms with Crippen molar-refractivity contribution in [3.8, 4) is 0 Å². The van der Waals surface area contributed by atoms with Crippen LogP contribution in [0, 0.1) is 13.8 Å². The molecule has 2 amide bonds. The number of Topliss-reactive ketones (excluding diaryl/α,β-unsaturated/α-hetero) is 1. The fourth-order valence-corrected chi connectivity index (χ4v) is 4.26. The van der Waals surface area contributed by atoms with E-state index in [2.05, 4.69) is 0 Å². The lowest BCUT2D eigenvalue weighted by atomic mass is 9.98. The summed E-state index contributed by atoms with van der Waals surface area (Å²) in [6.07, 6.45) is 2.89. The number of likely N-dealkylation sites (tertiary alicyclic amines) is 1. The average Bonchev–Trinajstić information content (AvgIpc) is 3.38. The van der Waals surface area contributed by atoms with Crippen molar-refractivity contribution in [1.82, 2.24) is 4.90 Å². The third kappa shape index (κ3) is 3.69. The van der Waals surface area contributed by atoms with Crippen LogP contribution < -0.4 is 4.90 Å². The standard InChI is InChI=1S/C24H26N2O3/c1-16-10-11-18(14-17(16)2)23(28)21-8-4-13-26(21)24(29)19-6-3-7-20(15-19)25-12-5-9-22(25)27/h3,6-7,10-11,14-15,21H,4-5,8-9,12-13H2,1-2H3. The van der Waals surface area contributed by atoms with Crippen molar-refractivity contribution in [1.29, 1.82) is 0 Å². The number of aryl methyl sites for hydroxylation is 2. The second-order valence-corrected chi connectivity index (χ2v) is 8.02. The molecular formula is C24H26N2O3. The van der Waals surface area contributed by atoms with Gasteiger partial charge in [-0.2, -0.15) is 0 Å². The maximum atomic E-state index is 13.2. The van der Waals surface area contributed by atoms with Crippen molar-refractivity contribution in [2.24, 2.45) is 0 Å². The Hall–Kier alpha value is -2.95. The molecule has 0 saturated carbocycles. The lowest BCUT2D eigenvalue weighted by Crippen LogP contribution is -2.40. The van der Waals surface area contributed by atoms with Crippen LogP contribution in [-0.4, -0.2) is 41.6 Å². The van der Waals surface area contributed by atoms with E-state index in [9.17, 15) is 14.4 Å². The van der Waals surface area contributed by atoms with E-state index in [-0.39, 0.29) is 17.6 Å². The highest BCUT2D eigenvalue weighted by Gasteiger charge is 2.35. The summed E-state index contributed by atoms with van der Waals surface area (Å²) in [7, 11) is 0. The monoisotopic (exact) mass is 390 g/mol. The van der Waals surface area contributed by atoms with Gasteiger partial charge in [0.2, 0.25) is 5.91 Å². The number of anilines is 1. The van der Waals surface area contributed by atoms with E-state index in [4.69, 9.17) is 0 Å². The molecule has 1 atom stereocenters. The molecule has 4 rings (SSSR count). The molecule has 2 saturated heterocycles. The Morgan fingerprint density at radius 3 is 2.48 bits per heavy atom. The topological polar surface area (TPSA) is 57.7 Å². The van der Waals surface area contributed by atoms with Crippen molar-refractivity contribution in [2.45, 2.75) is 45.6 Å². The van der Waals surface area contributed by atoms with Gasteiger partial charge in [-0.3, -0.25) is 14.4 Å². The molecule has 0 spiro atoms. The number of carbonyl (C=O) groups is 3. The highest BCUT2D eigenvalue weighted by Crippen LogP contribution is 2.27. The first-order chi connectivity index (χ1) is 14.0. The van der Waals surface area contributed by atoms with Crippen LogP contribution in [0.25, 0.3) is 0 Å². The maximum absolute atomic E-state index is 13.2. The van der Waals surface area contributed by atoms with Crippen LogP contribution in [0.5, 0.6) is 0 Å². The SMILES string of the molecule is Cc1ccc(C(=O)C2CCCN2C(=O)c2cccc(N3CCCC3=O)c2)cc1C. The second-order valence-electron chi connectivity index (χ2n) is 8.02. The van der Waals surface area contributed by atoms with Crippen molar-refractivity contribution in [3.05, 3.63) is 64.7 Å². The summed E-state index contributed by atoms with van der Waals surface area (Å²) in [6.45, 7) is 5.28. The van der Waals surface area contributed by atoms with Gasteiger partial charge in [-0.1, -0.05) is 18.2 Å². The summed E-state index contributed by atoms with van der Waals surface area (Å²) in [6, 6.07) is 12.5. The lowest BCUT2D eigenvalue weighted by Gasteiger charge is -2.25. The molecule has 0 aromatic heterocycles. The Kier molecular flexibility index (Phi) is 5.22. The van der Waals surface area contributed by atoms with Crippen LogP contribution in [0.4, 0.5) is 5.69 Å². The summed E-state index contributed by atoms with van der Waals surface area (Å²) in [5.74, 6) is -0.0402. The predicted octanol–water partition coefficient (Wildman–Crippen LogP) is 3.92. The quantitative estimate of drug-likeness (QED) is 0.744. The van der Waals surface area contributed by atoms with E-state index < -0.39 is 6.04 Å². The van der Waals surface area contributed by atoms with Crippen LogP contribution in [0.3, 0.4) is 0 Å². The molecule has 5 nitrogen and oxygen atoms in total. The molecule has 29 heavy (non-hydrogen) atoms. The first-order valence-electron chi connectivity index (χ1n) is 10.3. The van der Waals surface area contributed by atoms with Crippen LogP contribution in [0.2, 0.25) is 0 Å². The second kappa shape index (κ2) is 7.82. The molecular weight excluding hydrogens is 364 g/mol. The number of rotatable bonds is 4. The molecule has 2 aliphatic rings. The molecule has 0 N–H and O–H groups in total. The number of carbonyl (C=O) groups excluding carboxylic acids is 3. The third-order valence-corrected chi connectivity index (χ3v) is 6.09. The minimum atomic E-state index is -0.429. The van der Waals surface area contributed by atoms with E-state index >= 15 is 0 Å². The van der Waals surface area contributed by atoms with Gasteiger partial charge >= 0.3 is 0 Å². The number of hydrogen-bond acceptors (Lipinski definition) is 3. The van der Waals surface area contributed by atoms with Crippen molar-refractivity contribution < 1.29 is 14.4 Å². The van der Waals surface area contributed by atoms with Crippen LogP contribution in [0.1, 0.15) is 57.5 Å². The molecule has 0 radical (unpaired) electrons. The van der Waals surface area contributed by atoms with Gasteiger partial charge in [-0.15, -0.1) is 0 Å². The zero-order chi connectivity index (χ0) is 20.5. The molecule has 0 aliphatic carbocycles. The molecule has 2 aromatic carbocycles. The number of nitrogens with zero attached hydrogens (tertiary/aromatic N) is 2. The van der Waals surface area contributed by atoms with Gasteiger partial charge in [0.05, 0.1) is 6.04 Å².